The number of nitrogens with one attached hydrogen (secondary N) is 1. The molecule has 0 radical (unpaired) electrons. The molecule has 5 nitrogen and oxygen atoms in total. The van der Waals surface area contributed by atoms with E-state index in [9.17, 15) is 14.7 Å². The van der Waals surface area contributed by atoms with Gasteiger partial charge in [-0.15, -0.1) is 0 Å². The summed E-state index contributed by atoms with van der Waals surface area (Å²) in [6, 6.07) is 9.26. The Kier molecular flexibility index (Phi) is 6.89. The average Bonchev–Trinajstić information content (AvgIpc) is 2.51. The molecule has 0 aliphatic rings. The van der Waals surface area contributed by atoms with E-state index in [4.69, 9.17) is 0 Å². The number of carbonyl (C=O) groups excluding carboxylic acids is 1. The second-order valence-electron chi connectivity index (χ2n) is 5.62. The summed E-state index contributed by atoms with van der Waals surface area (Å²) in [7, 11) is 1.67. The third-order valence-corrected chi connectivity index (χ3v) is 3.93. The van der Waals surface area contributed by atoms with Crippen LogP contribution in [0.1, 0.15) is 45.1 Å². The summed E-state index contributed by atoms with van der Waals surface area (Å²) in [5, 5.41) is 12.3. The third-order valence-electron chi connectivity index (χ3n) is 3.93. The molecular weight excluding hydrogens is 280 g/mol. The maximum absolute atomic E-state index is 12.3. The molecule has 1 aromatic rings. The highest BCUT2D eigenvalue weighted by atomic mass is 16.4. The Morgan fingerprint density at radius 3 is 2.36 bits per heavy atom. The Morgan fingerprint density at radius 1 is 1.23 bits per heavy atom. The van der Waals surface area contributed by atoms with Crippen LogP contribution < -0.4 is 5.32 Å². The summed E-state index contributed by atoms with van der Waals surface area (Å²) < 4.78 is 0. The van der Waals surface area contributed by atoms with Gasteiger partial charge < -0.3 is 15.3 Å². The minimum absolute atomic E-state index is 0.357. The Hall–Kier alpha value is -2.04. The van der Waals surface area contributed by atoms with Crippen LogP contribution >= 0.6 is 0 Å². The monoisotopic (exact) mass is 306 g/mol. The molecular formula is C17H26N2O3. The molecule has 0 aromatic heterocycles. The minimum Gasteiger partial charge on any atom is -0.480 e. The van der Waals surface area contributed by atoms with Crippen LogP contribution in [0.2, 0.25) is 0 Å². The van der Waals surface area contributed by atoms with Gasteiger partial charge in [0.15, 0.2) is 0 Å². The van der Waals surface area contributed by atoms with E-state index in [-0.39, 0.29) is 6.03 Å². The molecule has 0 spiro atoms. The fourth-order valence-electron chi connectivity index (χ4n) is 2.35. The Morgan fingerprint density at radius 2 is 1.86 bits per heavy atom. The van der Waals surface area contributed by atoms with Crippen LogP contribution in [0.15, 0.2) is 30.3 Å². The molecule has 0 heterocycles. The van der Waals surface area contributed by atoms with Crippen molar-refractivity contribution in [1.82, 2.24) is 10.2 Å². The van der Waals surface area contributed by atoms with Crippen molar-refractivity contribution in [2.45, 2.75) is 51.6 Å². The lowest BCUT2D eigenvalue weighted by molar-refractivity contribution is -0.145. The van der Waals surface area contributed by atoms with Crippen LogP contribution in [0.5, 0.6) is 0 Å². The number of urea groups is 1. The molecule has 1 atom stereocenters. The van der Waals surface area contributed by atoms with E-state index in [2.05, 4.69) is 5.32 Å². The first kappa shape index (κ1) is 18.0. The maximum atomic E-state index is 12.3. The number of aliphatic carboxylic acids is 1. The maximum Gasteiger partial charge on any atom is 0.329 e. The molecule has 0 aliphatic heterocycles. The predicted molar refractivity (Wildman–Crippen MR) is 86.6 cm³/mol. The average molecular weight is 306 g/mol. The summed E-state index contributed by atoms with van der Waals surface area (Å²) in [4.78, 5) is 25.5. The van der Waals surface area contributed by atoms with Crippen LogP contribution in [-0.4, -0.2) is 34.6 Å². The van der Waals surface area contributed by atoms with E-state index in [1.807, 2.05) is 37.3 Å². The summed E-state index contributed by atoms with van der Waals surface area (Å²) in [6.07, 6.45) is 2.47. The van der Waals surface area contributed by atoms with Crippen molar-refractivity contribution in [3.8, 4) is 0 Å². The normalized spacial score (nSPS) is 13.2. The fraction of sp³-hybridized carbons (Fsp3) is 0.529. The molecule has 22 heavy (non-hydrogen) atoms. The summed E-state index contributed by atoms with van der Waals surface area (Å²) in [5.74, 6) is -0.968. The largest absolute Gasteiger partial charge is 0.480 e. The van der Waals surface area contributed by atoms with Gasteiger partial charge in [0.25, 0.3) is 0 Å². The standard InChI is InChI=1S/C17H26N2O3/c1-4-6-12-17(5-2,15(20)21)18-16(22)19(3)13-14-10-8-7-9-11-14/h7-11H,4-6,12-13H2,1-3H3,(H,18,22)(H,20,21). The smallest absolute Gasteiger partial charge is 0.329 e. The summed E-state index contributed by atoms with van der Waals surface area (Å²) in [6.45, 7) is 4.24. The van der Waals surface area contributed by atoms with Gasteiger partial charge in [-0.05, 0) is 18.4 Å². The highest BCUT2D eigenvalue weighted by Crippen LogP contribution is 2.20. The van der Waals surface area contributed by atoms with Gasteiger partial charge in [-0.3, -0.25) is 0 Å². The number of nitrogens with zero attached hydrogens (tertiary/aromatic N) is 1. The molecule has 2 amide bonds. The van der Waals surface area contributed by atoms with E-state index in [0.29, 0.717) is 19.4 Å². The van der Waals surface area contributed by atoms with Crippen LogP contribution in [-0.2, 0) is 11.3 Å². The van der Waals surface area contributed by atoms with Crippen molar-refractivity contribution in [2.75, 3.05) is 7.05 Å². The molecule has 0 bridgehead atoms. The summed E-state index contributed by atoms with van der Waals surface area (Å²) in [5.41, 5.74) is -0.177. The van der Waals surface area contributed by atoms with E-state index in [0.717, 1.165) is 18.4 Å². The Bertz CT molecular complexity index is 490. The number of unbranched alkanes of at least 4 members (excludes halogenated alkanes) is 1. The van der Waals surface area contributed by atoms with Gasteiger partial charge in [0.1, 0.15) is 5.54 Å². The second kappa shape index (κ2) is 8.41. The van der Waals surface area contributed by atoms with Crippen molar-refractivity contribution < 1.29 is 14.7 Å². The quantitative estimate of drug-likeness (QED) is 0.774. The number of rotatable bonds is 8. The van der Waals surface area contributed by atoms with Crippen LogP contribution in [0.3, 0.4) is 0 Å². The lowest BCUT2D eigenvalue weighted by atomic mass is 9.90. The topological polar surface area (TPSA) is 69.6 Å². The zero-order chi connectivity index (χ0) is 16.6. The molecule has 1 aromatic carbocycles. The van der Waals surface area contributed by atoms with E-state index >= 15 is 0 Å². The zero-order valence-corrected chi connectivity index (χ0v) is 13.6. The van der Waals surface area contributed by atoms with Crippen LogP contribution in [0.25, 0.3) is 0 Å². The minimum atomic E-state index is -1.18. The van der Waals surface area contributed by atoms with Crippen LogP contribution in [0.4, 0.5) is 4.79 Å². The van der Waals surface area contributed by atoms with Gasteiger partial charge >= 0.3 is 12.0 Å². The van der Waals surface area contributed by atoms with Gasteiger partial charge in [0.2, 0.25) is 0 Å². The molecule has 0 aliphatic carbocycles. The van der Waals surface area contributed by atoms with Gasteiger partial charge in [-0.1, -0.05) is 57.0 Å². The molecule has 0 saturated carbocycles. The molecule has 2 N–H and O–H groups in total. The van der Waals surface area contributed by atoms with Gasteiger partial charge in [-0.2, -0.15) is 0 Å². The first-order valence-electron chi connectivity index (χ1n) is 7.75. The van der Waals surface area contributed by atoms with Crippen molar-refractivity contribution in [3.05, 3.63) is 35.9 Å². The zero-order valence-electron chi connectivity index (χ0n) is 13.6. The highest BCUT2D eigenvalue weighted by Gasteiger charge is 2.38. The lowest BCUT2D eigenvalue weighted by Crippen LogP contribution is -2.57. The van der Waals surface area contributed by atoms with Crippen LogP contribution in [0, 0.1) is 0 Å². The fourth-order valence-corrected chi connectivity index (χ4v) is 2.35. The Balaban J connectivity index is 2.75. The number of benzene rings is 1. The number of hydrogen-bond acceptors (Lipinski definition) is 2. The van der Waals surface area contributed by atoms with Gasteiger partial charge in [-0.25, -0.2) is 9.59 Å². The molecule has 0 fully saturated rings. The number of carboxylic acid groups (broad SMARTS) is 1. The van der Waals surface area contributed by atoms with Crippen molar-refractivity contribution in [2.24, 2.45) is 0 Å². The molecule has 5 heteroatoms. The van der Waals surface area contributed by atoms with Crippen molar-refractivity contribution in [3.63, 3.8) is 0 Å². The first-order chi connectivity index (χ1) is 10.4. The third kappa shape index (κ3) is 4.76. The first-order valence-corrected chi connectivity index (χ1v) is 7.75. The predicted octanol–water partition coefficient (Wildman–Crippen LogP) is 3.25. The molecule has 1 rings (SSSR count). The highest BCUT2D eigenvalue weighted by molar-refractivity contribution is 5.86. The molecule has 0 saturated heterocycles. The summed E-state index contributed by atoms with van der Waals surface area (Å²) >= 11 is 0. The number of carboxylic acids is 1. The molecule has 1 unspecified atom stereocenters. The van der Waals surface area contributed by atoms with E-state index < -0.39 is 11.5 Å². The Labute approximate surface area is 132 Å². The number of carbonyl (C=O) groups is 2. The number of amides is 2. The lowest BCUT2D eigenvalue weighted by Gasteiger charge is -2.31. The second-order valence-corrected chi connectivity index (χ2v) is 5.62. The SMILES string of the molecule is CCCCC(CC)(NC(=O)N(C)Cc1ccccc1)C(=O)O. The van der Waals surface area contributed by atoms with Gasteiger partial charge in [0, 0.05) is 13.6 Å². The number of hydrogen-bond donors (Lipinski definition) is 2. The van der Waals surface area contributed by atoms with Crippen molar-refractivity contribution >= 4 is 12.0 Å². The molecule has 122 valence electrons. The van der Waals surface area contributed by atoms with E-state index in [1.54, 1.807) is 14.0 Å². The van der Waals surface area contributed by atoms with E-state index in [1.165, 1.54) is 4.90 Å². The van der Waals surface area contributed by atoms with Crippen molar-refractivity contribution in [1.29, 1.82) is 0 Å². The van der Waals surface area contributed by atoms with Gasteiger partial charge in [0.05, 0.1) is 0 Å².